The molecule has 0 amide bonds. The summed E-state index contributed by atoms with van der Waals surface area (Å²) < 4.78 is 13.4. The molecule has 1 N–H and O–H groups in total. The lowest BCUT2D eigenvalue weighted by Crippen LogP contribution is -2.26. The molecule has 0 spiro atoms. The first-order valence-electron chi connectivity index (χ1n) is 10.2. The van der Waals surface area contributed by atoms with Gasteiger partial charge in [0.15, 0.2) is 0 Å². The zero-order valence-corrected chi connectivity index (χ0v) is 19.3. The number of hydrogen-bond donors (Lipinski definition) is 1. The lowest BCUT2D eigenvalue weighted by atomic mass is 9.74. The maximum absolute atomic E-state index is 13.4. The number of halogens is 1. The van der Waals surface area contributed by atoms with Gasteiger partial charge in [-0.2, -0.15) is 0 Å². The molecule has 0 saturated heterocycles. The van der Waals surface area contributed by atoms with Gasteiger partial charge in [-0.05, 0) is 61.8 Å². The molecule has 0 aliphatic carbocycles. The molecule has 0 unspecified atom stereocenters. The van der Waals surface area contributed by atoms with Crippen molar-refractivity contribution >= 4 is 22.4 Å². The van der Waals surface area contributed by atoms with Crippen LogP contribution in [0.3, 0.4) is 0 Å². The lowest BCUT2D eigenvalue weighted by Gasteiger charge is -2.33. The van der Waals surface area contributed by atoms with E-state index in [1.54, 1.807) is 6.08 Å². The van der Waals surface area contributed by atoms with Gasteiger partial charge in [0, 0.05) is 21.6 Å². The summed E-state index contributed by atoms with van der Waals surface area (Å²) in [5, 5.41) is 11.0. The number of aryl methyl sites for hydroxylation is 1. The zero-order chi connectivity index (χ0) is 21.4. The summed E-state index contributed by atoms with van der Waals surface area (Å²) in [6.45, 7) is 10.2. The first-order valence-corrected chi connectivity index (χ1v) is 11.9. The molecule has 2 nitrogen and oxygen atoms in total. The highest BCUT2D eigenvalue weighted by Crippen LogP contribution is 2.40. The average molecular weight is 433 g/mol. The fourth-order valence-electron chi connectivity index (χ4n) is 3.78. The zero-order valence-electron chi connectivity index (χ0n) is 17.7. The Morgan fingerprint density at radius 3 is 2.45 bits per heavy atom. The molecule has 0 fully saturated rings. The third kappa shape index (κ3) is 6.80. The van der Waals surface area contributed by atoms with Crippen LogP contribution in [0.25, 0.3) is 0 Å². The molecule has 0 heterocycles. The second-order valence-corrected chi connectivity index (χ2v) is 10.3. The van der Waals surface area contributed by atoms with E-state index >= 15 is 0 Å². The fraction of sp³-hybridized carbons (Fsp3) is 0.440. The van der Waals surface area contributed by atoms with Gasteiger partial charge in [-0.3, -0.25) is 0 Å². The number of benzene rings is 2. The van der Waals surface area contributed by atoms with Gasteiger partial charge in [-0.15, -0.1) is 18.2 Å². The van der Waals surface area contributed by atoms with Crippen LogP contribution >= 0.6 is 11.6 Å². The van der Waals surface area contributed by atoms with Crippen LogP contribution in [0.1, 0.15) is 56.6 Å². The minimum Gasteiger partial charge on any atom is -0.392 e. The largest absolute Gasteiger partial charge is 0.392 e. The molecule has 158 valence electrons. The standard InChI is InChI=1S/C25H33ClO2S/c1-5-9-23(27)22(18-25(3,4)16-8-17-26)21-10-6-7-11-24(21)29(28)20-14-12-19(2)13-15-20/h5-7,10-15,22-23,27H,1,8-9,16-18H2,2-4H3/t22-,23-,29-/m0/s1. The summed E-state index contributed by atoms with van der Waals surface area (Å²) in [6.07, 6.45) is 4.40. The van der Waals surface area contributed by atoms with Gasteiger partial charge in [0.1, 0.15) is 0 Å². The number of alkyl halides is 1. The molecule has 0 radical (unpaired) electrons. The molecule has 0 bridgehead atoms. The SMILES string of the molecule is C=CC[C@H](O)[C@@H](CC(C)(C)CCCCl)c1ccccc1[S@@](=O)c1ccc(C)cc1. The summed E-state index contributed by atoms with van der Waals surface area (Å²) in [4.78, 5) is 1.55. The van der Waals surface area contributed by atoms with Crippen LogP contribution in [0, 0.1) is 12.3 Å². The predicted octanol–water partition coefficient (Wildman–Crippen LogP) is 6.62. The van der Waals surface area contributed by atoms with Crippen molar-refractivity contribution < 1.29 is 9.32 Å². The minimum absolute atomic E-state index is 0.0141. The first kappa shape index (κ1) is 23.9. The minimum atomic E-state index is -1.30. The molecule has 2 aromatic carbocycles. The van der Waals surface area contributed by atoms with Gasteiger partial charge in [0.25, 0.3) is 0 Å². The Hall–Kier alpha value is -1.42. The van der Waals surface area contributed by atoms with Crippen molar-refractivity contribution in [2.24, 2.45) is 5.41 Å². The predicted molar refractivity (Wildman–Crippen MR) is 124 cm³/mol. The van der Waals surface area contributed by atoms with E-state index in [0.717, 1.165) is 40.2 Å². The monoisotopic (exact) mass is 432 g/mol. The second kappa shape index (κ2) is 11.1. The van der Waals surface area contributed by atoms with Gasteiger partial charge in [0.2, 0.25) is 0 Å². The van der Waals surface area contributed by atoms with Crippen LogP contribution in [-0.2, 0) is 10.8 Å². The highest BCUT2D eigenvalue weighted by Gasteiger charge is 2.31. The molecule has 4 heteroatoms. The van der Waals surface area contributed by atoms with E-state index in [4.69, 9.17) is 11.6 Å². The molecule has 2 aromatic rings. The van der Waals surface area contributed by atoms with E-state index in [-0.39, 0.29) is 11.3 Å². The molecule has 2 rings (SSSR count). The number of aliphatic hydroxyl groups excluding tert-OH is 1. The van der Waals surface area contributed by atoms with Crippen molar-refractivity contribution in [3.05, 3.63) is 72.3 Å². The van der Waals surface area contributed by atoms with Crippen molar-refractivity contribution in [3.63, 3.8) is 0 Å². The Morgan fingerprint density at radius 2 is 1.83 bits per heavy atom. The number of aliphatic hydroxyl groups is 1. The van der Waals surface area contributed by atoms with Gasteiger partial charge >= 0.3 is 0 Å². The first-order chi connectivity index (χ1) is 13.8. The van der Waals surface area contributed by atoms with E-state index in [2.05, 4.69) is 20.4 Å². The molecule has 0 aliphatic heterocycles. The molecule has 0 saturated carbocycles. The third-order valence-electron chi connectivity index (χ3n) is 5.39. The summed E-state index contributed by atoms with van der Waals surface area (Å²) in [7, 11) is -1.30. The van der Waals surface area contributed by atoms with Gasteiger partial charge in [-0.25, -0.2) is 4.21 Å². The number of rotatable bonds is 11. The van der Waals surface area contributed by atoms with Gasteiger partial charge < -0.3 is 5.11 Å². The molecular weight excluding hydrogens is 400 g/mol. The van der Waals surface area contributed by atoms with Crippen LogP contribution in [0.5, 0.6) is 0 Å². The summed E-state index contributed by atoms with van der Waals surface area (Å²) in [5.41, 5.74) is 2.11. The Morgan fingerprint density at radius 1 is 1.17 bits per heavy atom. The van der Waals surface area contributed by atoms with Crippen molar-refractivity contribution in [1.29, 1.82) is 0 Å². The fourth-order valence-corrected chi connectivity index (χ4v) is 5.18. The van der Waals surface area contributed by atoms with E-state index in [1.807, 2.05) is 55.5 Å². The van der Waals surface area contributed by atoms with Crippen molar-refractivity contribution in [1.82, 2.24) is 0 Å². The Kier molecular flexibility index (Phi) is 9.13. The van der Waals surface area contributed by atoms with Gasteiger partial charge in [0.05, 0.1) is 16.9 Å². The van der Waals surface area contributed by atoms with Crippen LogP contribution in [0.2, 0.25) is 0 Å². The van der Waals surface area contributed by atoms with Gasteiger partial charge in [-0.1, -0.05) is 55.8 Å². The summed E-state index contributed by atoms with van der Waals surface area (Å²) >= 11 is 5.92. The van der Waals surface area contributed by atoms with Crippen molar-refractivity contribution in [3.8, 4) is 0 Å². The molecule has 29 heavy (non-hydrogen) atoms. The highest BCUT2D eigenvalue weighted by molar-refractivity contribution is 7.85. The maximum atomic E-state index is 13.4. The summed E-state index contributed by atoms with van der Waals surface area (Å²) in [5.74, 6) is 0.515. The quantitative estimate of drug-likeness (QED) is 0.320. The maximum Gasteiger partial charge on any atom is 0.0852 e. The lowest BCUT2D eigenvalue weighted by molar-refractivity contribution is 0.115. The Labute approximate surface area is 183 Å². The van der Waals surface area contributed by atoms with Crippen LogP contribution in [0.4, 0.5) is 0 Å². The van der Waals surface area contributed by atoms with E-state index in [9.17, 15) is 9.32 Å². The smallest absolute Gasteiger partial charge is 0.0852 e. The van der Waals surface area contributed by atoms with Crippen LogP contribution < -0.4 is 0 Å². The molecular formula is C25H33ClO2S. The Balaban J connectivity index is 2.44. The Bertz CT molecular complexity index is 814. The summed E-state index contributed by atoms with van der Waals surface area (Å²) in [6, 6.07) is 15.6. The molecule has 0 aromatic heterocycles. The third-order valence-corrected chi connectivity index (χ3v) is 7.12. The van der Waals surface area contributed by atoms with E-state index in [0.29, 0.717) is 12.3 Å². The number of hydrogen-bond acceptors (Lipinski definition) is 2. The highest BCUT2D eigenvalue weighted by atomic mass is 35.5. The van der Waals surface area contributed by atoms with E-state index < -0.39 is 16.9 Å². The van der Waals surface area contributed by atoms with Crippen LogP contribution in [-0.4, -0.2) is 21.3 Å². The molecule has 0 aliphatic rings. The topological polar surface area (TPSA) is 37.3 Å². The van der Waals surface area contributed by atoms with Crippen LogP contribution in [0.15, 0.2) is 71.0 Å². The van der Waals surface area contributed by atoms with E-state index in [1.165, 1.54) is 0 Å². The average Bonchev–Trinajstić information content (AvgIpc) is 2.71. The molecule has 3 atom stereocenters. The normalized spacial score (nSPS) is 14.9. The van der Waals surface area contributed by atoms with Crippen molar-refractivity contribution in [2.45, 2.75) is 68.3 Å². The second-order valence-electron chi connectivity index (χ2n) is 8.48. The van der Waals surface area contributed by atoms with Crippen molar-refractivity contribution in [2.75, 3.05) is 5.88 Å².